The molecular formula is C29H31N5O3. The quantitative estimate of drug-likeness (QED) is 0.327. The van der Waals surface area contributed by atoms with E-state index in [0.29, 0.717) is 23.3 Å². The second kappa shape index (κ2) is 10.8. The highest BCUT2D eigenvalue weighted by Gasteiger charge is 2.22. The lowest BCUT2D eigenvalue weighted by atomic mass is 9.91. The fourth-order valence-electron chi connectivity index (χ4n) is 4.75. The molecule has 2 aromatic heterocycles. The number of esters is 1. The summed E-state index contributed by atoms with van der Waals surface area (Å²) >= 11 is 0. The molecule has 37 heavy (non-hydrogen) atoms. The van der Waals surface area contributed by atoms with Crippen molar-refractivity contribution in [1.82, 2.24) is 14.7 Å². The van der Waals surface area contributed by atoms with E-state index in [9.17, 15) is 9.59 Å². The third-order valence-electron chi connectivity index (χ3n) is 6.88. The number of benzene rings is 2. The summed E-state index contributed by atoms with van der Waals surface area (Å²) in [5.41, 5.74) is 10.4. The van der Waals surface area contributed by atoms with E-state index in [1.807, 2.05) is 53.1 Å². The summed E-state index contributed by atoms with van der Waals surface area (Å²) in [5.74, 6) is 0.311. The average molecular weight is 498 g/mol. The van der Waals surface area contributed by atoms with Crippen LogP contribution >= 0.6 is 0 Å². The maximum atomic E-state index is 13.0. The molecule has 0 radical (unpaired) electrons. The Bertz CT molecular complexity index is 1390. The number of amides is 1. The molecule has 2 heterocycles. The van der Waals surface area contributed by atoms with Crippen LogP contribution in [0.15, 0.2) is 72.9 Å². The van der Waals surface area contributed by atoms with Gasteiger partial charge in [-0.25, -0.2) is 9.78 Å². The Kier molecular flexibility index (Phi) is 7.18. The third kappa shape index (κ3) is 5.49. The van der Waals surface area contributed by atoms with Gasteiger partial charge in [-0.1, -0.05) is 42.5 Å². The van der Waals surface area contributed by atoms with Crippen molar-refractivity contribution in [3.8, 4) is 11.3 Å². The van der Waals surface area contributed by atoms with E-state index in [2.05, 4.69) is 22.8 Å². The topological polar surface area (TPSA) is 111 Å². The fourth-order valence-corrected chi connectivity index (χ4v) is 4.75. The summed E-state index contributed by atoms with van der Waals surface area (Å²) in [7, 11) is 1.36. The van der Waals surface area contributed by atoms with Crippen LogP contribution in [-0.4, -0.2) is 40.5 Å². The maximum absolute atomic E-state index is 13.0. The number of nitrogens with two attached hydrogens (primary N) is 1. The van der Waals surface area contributed by atoms with Crippen molar-refractivity contribution < 1.29 is 14.3 Å². The van der Waals surface area contributed by atoms with E-state index in [1.165, 1.54) is 7.11 Å². The number of nitrogens with zero attached hydrogens (tertiary/aromatic N) is 2. The number of aromatic nitrogens is 2. The van der Waals surface area contributed by atoms with Crippen LogP contribution in [-0.2, 0) is 11.3 Å². The van der Waals surface area contributed by atoms with Crippen LogP contribution in [0.1, 0.15) is 52.0 Å². The number of pyridine rings is 1. The Balaban J connectivity index is 1.46. The van der Waals surface area contributed by atoms with Crippen molar-refractivity contribution >= 4 is 23.3 Å². The molecule has 8 heteroatoms. The van der Waals surface area contributed by atoms with E-state index >= 15 is 0 Å². The van der Waals surface area contributed by atoms with Gasteiger partial charge in [-0.3, -0.25) is 9.20 Å². The number of ether oxygens (including phenoxy) is 1. The summed E-state index contributed by atoms with van der Waals surface area (Å²) < 4.78 is 6.77. The minimum atomic E-state index is -0.389. The molecule has 1 saturated carbocycles. The lowest BCUT2D eigenvalue weighted by Gasteiger charge is -2.26. The Hall–Kier alpha value is -4.17. The lowest BCUT2D eigenvalue weighted by Crippen LogP contribution is -2.40. The number of hydrogen-bond donors (Lipinski definition) is 3. The molecule has 0 spiro atoms. The Morgan fingerprint density at radius 2 is 1.73 bits per heavy atom. The van der Waals surface area contributed by atoms with Crippen molar-refractivity contribution in [1.29, 1.82) is 0 Å². The SMILES string of the molecule is COC(=O)c1ccc(-c2nc3cc(C(=O)NC4CCC(N)CC4)ccn3c2NCc2ccccc2)cc1. The smallest absolute Gasteiger partial charge is 0.337 e. The summed E-state index contributed by atoms with van der Waals surface area (Å²) in [6.45, 7) is 0.605. The molecule has 4 aromatic rings. The van der Waals surface area contributed by atoms with E-state index in [1.54, 1.807) is 12.1 Å². The second-order valence-corrected chi connectivity index (χ2v) is 9.45. The van der Waals surface area contributed by atoms with Crippen LogP contribution in [0.5, 0.6) is 0 Å². The van der Waals surface area contributed by atoms with Crippen LogP contribution < -0.4 is 16.4 Å². The highest BCUT2D eigenvalue weighted by atomic mass is 16.5. The van der Waals surface area contributed by atoms with E-state index in [4.69, 9.17) is 15.5 Å². The monoisotopic (exact) mass is 497 g/mol. The van der Waals surface area contributed by atoms with Gasteiger partial charge in [0.05, 0.1) is 12.7 Å². The number of methoxy groups -OCH3 is 1. The number of nitrogens with one attached hydrogen (secondary N) is 2. The third-order valence-corrected chi connectivity index (χ3v) is 6.88. The Morgan fingerprint density at radius 3 is 2.43 bits per heavy atom. The first-order chi connectivity index (χ1) is 18.0. The molecule has 8 nitrogen and oxygen atoms in total. The van der Waals surface area contributed by atoms with Gasteiger partial charge in [-0.2, -0.15) is 0 Å². The van der Waals surface area contributed by atoms with Crippen molar-refractivity contribution in [3.05, 3.63) is 89.6 Å². The highest BCUT2D eigenvalue weighted by molar-refractivity contribution is 5.95. The second-order valence-electron chi connectivity index (χ2n) is 9.45. The zero-order valence-corrected chi connectivity index (χ0v) is 20.8. The minimum Gasteiger partial charge on any atom is -0.465 e. The molecule has 1 aliphatic carbocycles. The normalized spacial score (nSPS) is 17.4. The average Bonchev–Trinajstić information content (AvgIpc) is 3.31. The molecule has 1 fully saturated rings. The molecule has 190 valence electrons. The largest absolute Gasteiger partial charge is 0.465 e. The maximum Gasteiger partial charge on any atom is 0.337 e. The predicted octanol–water partition coefficient (Wildman–Crippen LogP) is 4.40. The van der Waals surface area contributed by atoms with Crippen molar-refractivity contribution in [2.45, 2.75) is 44.3 Å². The first-order valence-electron chi connectivity index (χ1n) is 12.6. The minimum absolute atomic E-state index is 0.103. The van der Waals surface area contributed by atoms with Gasteiger partial charge in [0, 0.05) is 36.0 Å². The van der Waals surface area contributed by atoms with Crippen molar-refractivity contribution in [2.75, 3.05) is 12.4 Å². The number of anilines is 1. The van der Waals surface area contributed by atoms with Gasteiger partial charge in [0.25, 0.3) is 5.91 Å². The van der Waals surface area contributed by atoms with Gasteiger partial charge in [0.2, 0.25) is 0 Å². The van der Waals surface area contributed by atoms with Gasteiger partial charge >= 0.3 is 5.97 Å². The molecule has 2 aromatic carbocycles. The zero-order chi connectivity index (χ0) is 25.8. The predicted molar refractivity (Wildman–Crippen MR) is 143 cm³/mol. The van der Waals surface area contributed by atoms with E-state index in [0.717, 1.165) is 48.3 Å². The van der Waals surface area contributed by atoms with Crippen LogP contribution in [0.3, 0.4) is 0 Å². The van der Waals surface area contributed by atoms with Gasteiger partial charge in [0.1, 0.15) is 17.2 Å². The van der Waals surface area contributed by atoms with Gasteiger partial charge in [0.15, 0.2) is 0 Å². The van der Waals surface area contributed by atoms with Crippen molar-refractivity contribution in [2.24, 2.45) is 5.73 Å². The van der Waals surface area contributed by atoms with Gasteiger partial charge in [-0.15, -0.1) is 0 Å². The lowest BCUT2D eigenvalue weighted by molar-refractivity contribution is 0.0600. The van der Waals surface area contributed by atoms with Crippen LogP contribution in [0.2, 0.25) is 0 Å². The molecule has 1 aliphatic rings. The summed E-state index contributed by atoms with van der Waals surface area (Å²) in [4.78, 5) is 29.8. The van der Waals surface area contributed by atoms with Crippen LogP contribution in [0.25, 0.3) is 16.9 Å². The number of imidazole rings is 1. The fraction of sp³-hybridized carbons (Fsp3) is 0.276. The summed E-state index contributed by atoms with van der Waals surface area (Å²) in [6, 6.07) is 21.3. The van der Waals surface area contributed by atoms with Gasteiger partial charge in [-0.05, 0) is 55.5 Å². The highest BCUT2D eigenvalue weighted by Crippen LogP contribution is 2.30. The molecule has 1 amide bonds. The number of carbonyl (C=O) groups is 2. The molecule has 4 N–H and O–H groups in total. The molecule has 0 saturated heterocycles. The number of carbonyl (C=O) groups excluding carboxylic acids is 2. The Morgan fingerprint density at radius 1 is 1.00 bits per heavy atom. The molecule has 5 rings (SSSR count). The standard InChI is InChI=1S/C29H31N5O3/c1-37-29(36)21-9-7-20(8-10-21)26-27(31-18-19-5-3-2-4-6-19)34-16-15-22(17-25(34)33-26)28(35)32-24-13-11-23(30)12-14-24/h2-10,15-17,23-24,31H,11-14,18,30H2,1H3,(H,32,35). The molecule has 0 atom stereocenters. The zero-order valence-electron chi connectivity index (χ0n) is 20.8. The molecule has 0 aliphatic heterocycles. The summed E-state index contributed by atoms with van der Waals surface area (Å²) in [6.07, 6.45) is 5.53. The molecular weight excluding hydrogens is 466 g/mol. The molecule has 0 bridgehead atoms. The van der Waals surface area contributed by atoms with Crippen LogP contribution in [0, 0.1) is 0 Å². The number of rotatable bonds is 7. The van der Waals surface area contributed by atoms with E-state index < -0.39 is 0 Å². The number of hydrogen-bond acceptors (Lipinski definition) is 6. The molecule has 0 unspecified atom stereocenters. The van der Waals surface area contributed by atoms with Crippen molar-refractivity contribution in [3.63, 3.8) is 0 Å². The van der Waals surface area contributed by atoms with E-state index in [-0.39, 0.29) is 24.0 Å². The Labute approximate surface area is 215 Å². The number of fused-ring (bicyclic) bond motifs is 1. The first kappa shape index (κ1) is 24.5. The van der Waals surface area contributed by atoms with Crippen LogP contribution in [0.4, 0.5) is 5.82 Å². The van der Waals surface area contributed by atoms with Gasteiger partial charge < -0.3 is 21.1 Å². The summed E-state index contributed by atoms with van der Waals surface area (Å²) in [5, 5.41) is 6.67. The first-order valence-corrected chi connectivity index (χ1v) is 12.6.